The van der Waals surface area contributed by atoms with Gasteiger partial charge in [0.25, 0.3) is 0 Å². The van der Waals surface area contributed by atoms with Crippen molar-refractivity contribution in [2.24, 2.45) is 0 Å². The van der Waals surface area contributed by atoms with Gasteiger partial charge in [-0.15, -0.1) is 11.3 Å². The minimum Gasteiger partial charge on any atom is -0.208 e. The number of fused-ring (bicyclic) bond motifs is 9. The summed E-state index contributed by atoms with van der Waals surface area (Å²) in [5.74, 6) is 0.209. The molecule has 8 aromatic carbocycles. The zero-order valence-electron chi connectivity index (χ0n) is 40.2. The van der Waals surface area contributed by atoms with Crippen molar-refractivity contribution in [3.8, 4) is 45.3 Å². The Kier molecular flexibility index (Phi) is 3.82. The molecule has 0 radical (unpaired) electrons. The quantitative estimate of drug-likeness (QED) is 0.177. The molecule has 0 saturated heterocycles. The van der Waals surface area contributed by atoms with Gasteiger partial charge >= 0.3 is 0 Å². The zero-order chi connectivity index (χ0) is 45.4. The van der Waals surface area contributed by atoms with Gasteiger partial charge in [0, 0.05) is 36.9 Å². The average Bonchev–Trinajstić information content (AvgIpc) is 3.69. The second kappa shape index (κ2) is 11.2. The fourth-order valence-corrected chi connectivity index (χ4v) is 7.29. The van der Waals surface area contributed by atoms with Gasteiger partial charge in [-0.3, -0.25) is 0 Å². The van der Waals surface area contributed by atoms with Crippen molar-refractivity contribution in [3.63, 3.8) is 0 Å². The van der Waals surface area contributed by atoms with E-state index in [1.807, 2.05) is 48.5 Å². The molecular formula is C45H27N3S. The Morgan fingerprint density at radius 1 is 0.388 bits per heavy atom. The van der Waals surface area contributed by atoms with Gasteiger partial charge in [0.1, 0.15) is 0 Å². The van der Waals surface area contributed by atoms with Crippen molar-refractivity contribution in [3.05, 3.63) is 163 Å². The third-order valence-corrected chi connectivity index (χ3v) is 9.57. The van der Waals surface area contributed by atoms with Crippen molar-refractivity contribution in [1.82, 2.24) is 15.0 Å². The summed E-state index contributed by atoms with van der Waals surface area (Å²) in [7, 11) is 0. The number of aromatic nitrogens is 3. The Balaban J connectivity index is 1.28. The SMILES string of the molecule is [2H]c1c([2H])c(-c2c([2H])c([2H])c3c4c([2H])c([2H])c([2H])c([2H])c4c4c([2H])c([2H])c([2H])c([2H])c4c3c2[2H])c([2H])c([2H])c1-c1nc(-c2ccccc2)nc(-c2cccc3c2sc2ccccc23)n1. The number of rotatable bonds is 4. The molecule has 2 aromatic heterocycles. The Bertz CT molecular complexity index is 3670. The molecule has 10 aromatic rings. The molecule has 0 saturated carbocycles. The summed E-state index contributed by atoms with van der Waals surface area (Å²) in [6.45, 7) is 0. The number of thiophene rings is 1. The smallest absolute Gasteiger partial charge is 0.165 e. The van der Waals surface area contributed by atoms with Crippen LogP contribution >= 0.6 is 11.3 Å². The van der Waals surface area contributed by atoms with Crippen LogP contribution in [0.5, 0.6) is 0 Å². The highest BCUT2D eigenvalue weighted by Gasteiger charge is 2.17. The fraction of sp³-hybridized carbons (Fsp3) is 0. The van der Waals surface area contributed by atoms with Gasteiger partial charge in [0.05, 0.1) is 20.6 Å². The first-order chi connectivity index (χ1) is 30.5. The monoisotopic (exact) mass is 656 g/mol. The first-order valence-corrected chi connectivity index (χ1v) is 16.0. The largest absolute Gasteiger partial charge is 0.208 e. The Morgan fingerprint density at radius 3 is 1.67 bits per heavy atom. The van der Waals surface area contributed by atoms with E-state index in [2.05, 4.69) is 4.98 Å². The summed E-state index contributed by atoms with van der Waals surface area (Å²) in [5, 5.41) is -0.152. The molecule has 0 aliphatic rings. The van der Waals surface area contributed by atoms with Crippen LogP contribution < -0.4 is 0 Å². The number of benzene rings is 8. The van der Waals surface area contributed by atoms with Crippen molar-refractivity contribution in [2.75, 3.05) is 0 Å². The lowest BCUT2D eigenvalue weighted by Gasteiger charge is -2.12. The van der Waals surface area contributed by atoms with Crippen LogP contribution in [0.15, 0.2) is 163 Å². The maximum absolute atomic E-state index is 9.62. The molecule has 0 fully saturated rings. The molecule has 0 unspecified atom stereocenters. The summed E-state index contributed by atoms with van der Waals surface area (Å²) in [6.07, 6.45) is 0. The summed E-state index contributed by atoms with van der Waals surface area (Å²) >= 11 is 1.54. The van der Waals surface area contributed by atoms with Crippen LogP contribution in [0, 0.1) is 0 Å². The molecule has 228 valence electrons. The topological polar surface area (TPSA) is 38.7 Å². The van der Waals surface area contributed by atoms with E-state index in [4.69, 9.17) is 20.9 Å². The van der Waals surface area contributed by atoms with Crippen LogP contribution in [0.2, 0.25) is 0 Å². The van der Waals surface area contributed by atoms with Crippen LogP contribution in [0.1, 0.15) is 20.6 Å². The highest BCUT2D eigenvalue weighted by Crippen LogP contribution is 2.40. The van der Waals surface area contributed by atoms with Crippen LogP contribution in [0.25, 0.3) is 97.8 Å². The van der Waals surface area contributed by atoms with Gasteiger partial charge < -0.3 is 0 Å². The molecule has 0 aliphatic heterocycles. The van der Waals surface area contributed by atoms with Gasteiger partial charge in [-0.1, -0.05) is 145 Å². The van der Waals surface area contributed by atoms with E-state index in [1.165, 1.54) is 0 Å². The number of nitrogens with zero attached hydrogens (tertiary/aromatic N) is 3. The molecular weight excluding hydrogens is 615 g/mol. The fourth-order valence-electron chi connectivity index (χ4n) is 6.08. The van der Waals surface area contributed by atoms with Gasteiger partial charge in [-0.25, -0.2) is 15.0 Å². The highest BCUT2D eigenvalue weighted by atomic mass is 32.1. The third-order valence-electron chi connectivity index (χ3n) is 8.35. The Labute approximate surface area is 307 Å². The van der Waals surface area contributed by atoms with Gasteiger partial charge in [-0.2, -0.15) is 0 Å². The molecule has 49 heavy (non-hydrogen) atoms. The molecule has 0 atom stereocenters. The molecule has 10 rings (SSSR count). The predicted octanol–water partition coefficient (Wildman–Crippen LogP) is 12.4. The molecule has 4 heteroatoms. The first-order valence-electron chi connectivity index (χ1n) is 22.7. The number of hydrogen-bond acceptors (Lipinski definition) is 4. The van der Waals surface area contributed by atoms with Crippen molar-refractivity contribution in [1.29, 1.82) is 0 Å². The van der Waals surface area contributed by atoms with Crippen LogP contribution in [-0.2, 0) is 0 Å². The Hall–Kier alpha value is -6.23. The lowest BCUT2D eigenvalue weighted by atomic mass is 9.92. The molecule has 2 heterocycles. The average molecular weight is 657 g/mol. The predicted molar refractivity (Wildman–Crippen MR) is 207 cm³/mol. The Morgan fingerprint density at radius 2 is 0.939 bits per heavy atom. The van der Waals surface area contributed by atoms with E-state index in [0.717, 1.165) is 20.2 Å². The van der Waals surface area contributed by atoms with E-state index in [1.54, 1.807) is 35.6 Å². The minimum absolute atomic E-state index is 0.190. The van der Waals surface area contributed by atoms with Gasteiger partial charge in [0.15, 0.2) is 17.5 Å². The molecule has 0 amide bonds. The van der Waals surface area contributed by atoms with E-state index in [-0.39, 0.29) is 55.4 Å². The number of hydrogen-bond donors (Lipinski definition) is 0. The molecule has 3 nitrogen and oxygen atoms in total. The summed E-state index contributed by atoms with van der Waals surface area (Å²) in [6, 6.07) is 12.2. The second-order valence-corrected chi connectivity index (χ2v) is 12.3. The normalized spacial score (nSPS) is 16.0. The second-order valence-electron chi connectivity index (χ2n) is 11.2. The van der Waals surface area contributed by atoms with Crippen molar-refractivity contribution in [2.45, 2.75) is 0 Å². The zero-order valence-corrected chi connectivity index (χ0v) is 26.0. The minimum atomic E-state index is -0.773. The standard InChI is InChI=1S/C45H27N3S/c1-2-11-29(12-3-1)43-46-44(48-45(47-43)39-19-10-18-38-37-17-8-9-20-41(37)49-42(38)39)30-23-21-28(22-24-30)31-25-26-36-34-15-5-4-13-32(34)33-14-6-7-16-35(33)40(36)27-31/h1-27H/i4D,5D,6D,7D,13D,14D,15D,16D,21D,22D,23D,24D,25D,26D,27D. The summed E-state index contributed by atoms with van der Waals surface area (Å²) in [5.41, 5.74) is -0.198. The van der Waals surface area contributed by atoms with Crippen LogP contribution in [-0.4, -0.2) is 15.0 Å². The van der Waals surface area contributed by atoms with E-state index in [0.29, 0.717) is 11.1 Å². The summed E-state index contributed by atoms with van der Waals surface area (Å²) < 4.78 is 137. The third kappa shape index (κ3) is 4.61. The van der Waals surface area contributed by atoms with E-state index in [9.17, 15) is 9.60 Å². The van der Waals surface area contributed by atoms with Crippen LogP contribution in [0.4, 0.5) is 0 Å². The van der Waals surface area contributed by atoms with Crippen molar-refractivity contribution >= 4 is 63.8 Å². The van der Waals surface area contributed by atoms with E-state index >= 15 is 0 Å². The maximum atomic E-state index is 9.62. The molecule has 0 N–H and O–H groups in total. The molecule has 0 aliphatic carbocycles. The van der Waals surface area contributed by atoms with Crippen LogP contribution in [0.3, 0.4) is 0 Å². The molecule has 0 bridgehead atoms. The van der Waals surface area contributed by atoms with Gasteiger partial charge in [-0.05, 0) is 61.6 Å². The van der Waals surface area contributed by atoms with Crippen molar-refractivity contribution < 1.29 is 20.6 Å². The lowest BCUT2D eigenvalue weighted by molar-refractivity contribution is 1.08. The van der Waals surface area contributed by atoms with E-state index < -0.39 is 102 Å². The van der Waals surface area contributed by atoms with Gasteiger partial charge in [0.2, 0.25) is 0 Å². The lowest BCUT2D eigenvalue weighted by Crippen LogP contribution is -2.00. The maximum Gasteiger partial charge on any atom is 0.165 e. The summed E-state index contributed by atoms with van der Waals surface area (Å²) in [4.78, 5) is 14.3. The molecule has 0 spiro atoms. The highest BCUT2D eigenvalue weighted by molar-refractivity contribution is 7.26. The first kappa shape index (κ1) is 16.7.